The van der Waals surface area contributed by atoms with Gasteiger partial charge in [-0.25, -0.2) is 9.38 Å². The van der Waals surface area contributed by atoms with Gasteiger partial charge in [0.25, 0.3) is 0 Å². The van der Waals surface area contributed by atoms with Crippen LogP contribution >= 0.6 is 0 Å². The number of guanidine groups is 1. The molecule has 0 spiro atoms. The highest BCUT2D eigenvalue weighted by Gasteiger charge is 2.08. The summed E-state index contributed by atoms with van der Waals surface area (Å²) in [6, 6.07) is 5.86. The summed E-state index contributed by atoms with van der Waals surface area (Å²) in [6.07, 6.45) is 1.71. The highest BCUT2D eigenvalue weighted by atomic mass is 19.1. The van der Waals surface area contributed by atoms with Crippen molar-refractivity contribution in [2.75, 3.05) is 47.4 Å². The molecule has 1 rings (SSSR count). The second-order valence-electron chi connectivity index (χ2n) is 5.32. The molecular weight excluding hydrogens is 311 g/mol. The topological polar surface area (TPSA) is 57.2 Å². The van der Waals surface area contributed by atoms with Crippen molar-refractivity contribution in [2.45, 2.75) is 0 Å². The molecule has 1 aromatic carbocycles. The van der Waals surface area contributed by atoms with Crippen LogP contribution in [0.25, 0.3) is 0 Å². The zero-order chi connectivity index (χ0) is 17.9. The van der Waals surface area contributed by atoms with E-state index in [-0.39, 0.29) is 18.3 Å². The minimum atomic E-state index is -0.298. The Hall–Kier alpha value is -2.57. The number of nitrogens with zero attached hydrogens (tertiary/aromatic N) is 3. The van der Waals surface area contributed by atoms with Crippen molar-refractivity contribution >= 4 is 11.9 Å². The molecule has 1 amide bonds. The van der Waals surface area contributed by atoms with Crippen molar-refractivity contribution in [3.05, 3.63) is 42.7 Å². The predicted molar refractivity (Wildman–Crippen MR) is 93.7 cm³/mol. The quantitative estimate of drug-likeness (QED) is 0.442. The second-order valence-corrected chi connectivity index (χ2v) is 5.32. The Labute approximate surface area is 142 Å². The molecule has 0 unspecified atom stereocenters. The summed E-state index contributed by atoms with van der Waals surface area (Å²) in [5.41, 5.74) is 0. The number of carbonyl (C=O) groups is 1. The number of hydrogen-bond acceptors (Lipinski definition) is 3. The zero-order valence-corrected chi connectivity index (χ0v) is 14.5. The number of benzene rings is 1. The number of carbonyl (C=O) groups excluding carboxylic acids is 1. The van der Waals surface area contributed by atoms with Crippen molar-refractivity contribution in [3.8, 4) is 5.75 Å². The van der Waals surface area contributed by atoms with Crippen molar-refractivity contribution in [3.63, 3.8) is 0 Å². The average Bonchev–Trinajstić information content (AvgIpc) is 2.56. The van der Waals surface area contributed by atoms with Crippen LogP contribution in [0.4, 0.5) is 4.39 Å². The van der Waals surface area contributed by atoms with E-state index in [9.17, 15) is 9.18 Å². The van der Waals surface area contributed by atoms with Crippen molar-refractivity contribution in [1.82, 2.24) is 15.1 Å². The molecule has 0 radical (unpaired) electrons. The van der Waals surface area contributed by atoms with Gasteiger partial charge in [-0.3, -0.25) is 4.79 Å². The van der Waals surface area contributed by atoms with Crippen LogP contribution < -0.4 is 10.1 Å². The number of aliphatic imine (C=N–C) groups is 1. The lowest BCUT2D eigenvalue weighted by molar-refractivity contribution is -0.127. The molecule has 1 aromatic rings. The highest BCUT2D eigenvalue weighted by molar-refractivity contribution is 5.84. The summed E-state index contributed by atoms with van der Waals surface area (Å²) in [6.45, 7) is 5.22. The van der Waals surface area contributed by atoms with Gasteiger partial charge in [-0.05, 0) is 24.3 Å². The number of halogens is 1. The monoisotopic (exact) mass is 336 g/mol. The van der Waals surface area contributed by atoms with Crippen LogP contribution in [0, 0.1) is 5.82 Å². The Balaban J connectivity index is 2.54. The Kier molecular flexibility index (Phi) is 8.32. The lowest BCUT2D eigenvalue weighted by atomic mass is 10.3. The Morgan fingerprint density at radius 3 is 2.58 bits per heavy atom. The molecule has 1 N–H and O–H groups in total. The summed E-state index contributed by atoms with van der Waals surface area (Å²) in [5.74, 6) is 0.815. The maximum atomic E-state index is 12.8. The summed E-state index contributed by atoms with van der Waals surface area (Å²) in [4.78, 5) is 19.3. The standard InChI is InChI=1S/C17H25FN4O2/c1-5-10-19-17(20-13-16(23)21(2)3)22(4)11-12-24-15-8-6-14(18)7-9-15/h5-9H,1,10-13H2,2-4H3,(H,19,20). The maximum Gasteiger partial charge on any atom is 0.243 e. The van der Waals surface area contributed by atoms with E-state index in [1.165, 1.54) is 17.0 Å². The molecule has 0 aromatic heterocycles. The number of amides is 1. The van der Waals surface area contributed by atoms with E-state index in [2.05, 4.69) is 16.9 Å². The van der Waals surface area contributed by atoms with Crippen LogP contribution in [0.5, 0.6) is 5.75 Å². The van der Waals surface area contributed by atoms with Crippen LogP contribution in [0.3, 0.4) is 0 Å². The molecule has 132 valence electrons. The molecule has 0 aliphatic heterocycles. The molecule has 0 aliphatic carbocycles. The second kappa shape index (κ2) is 10.3. The molecule has 24 heavy (non-hydrogen) atoms. The van der Waals surface area contributed by atoms with Crippen LogP contribution in [-0.4, -0.2) is 69.1 Å². The van der Waals surface area contributed by atoms with Crippen molar-refractivity contribution in [2.24, 2.45) is 4.99 Å². The van der Waals surface area contributed by atoms with Crippen molar-refractivity contribution in [1.29, 1.82) is 0 Å². The SMILES string of the molecule is C=CCNC(=NCC(=O)N(C)C)N(C)CCOc1ccc(F)cc1. The molecule has 0 saturated carbocycles. The molecule has 0 bridgehead atoms. The first-order valence-corrected chi connectivity index (χ1v) is 7.63. The minimum absolute atomic E-state index is 0.0651. The van der Waals surface area contributed by atoms with Crippen molar-refractivity contribution < 1.29 is 13.9 Å². The summed E-state index contributed by atoms with van der Waals surface area (Å²) < 4.78 is 18.4. The van der Waals surface area contributed by atoms with Gasteiger partial charge in [-0.15, -0.1) is 6.58 Å². The summed E-state index contributed by atoms with van der Waals surface area (Å²) in [7, 11) is 5.23. The average molecular weight is 336 g/mol. The summed E-state index contributed by atoms with van der Waals surface area (Å²) >= 11 is 0. The number of nitrogens with one attached hydrogen (secondary N) is 1. The van der Waals surface area contributed by atoms with E-state index < -0.39 is 0 Å². The van der Waals surface area contributed by atoms with E-state index in [4.69, 9.17) is 4.74 Å². The van der Waals surface area contributed by atoms with Gasteiger partial charge in [0.2, 0.25) is 5.91 Å². The lowest BCUT2D eigenvalue weighted by Crippen LogP contribution is -2.41. The third-order valence-electron chi connectivity index (χ3n) is 3.14. The van der Waals surface area contributed by atoms with Gasteiger partial charge in [-0.1, -0.05) is 6.08 Å². The van der Waals surface area contributed by atoms with E-state index in [1.807, 2.05) is 11.9 Å². The molecule has 0 aliphatic rings. The molecule has 7 heteroatoms. The van der Waals surface area contributed by atoms with E-state index in [0.717, 1.165) is 0 Å². The molecule has 6 nitrogen and oxygen atoms in total. The normalized spacial score (nSPS) is 10.9. The molecular formula is C17H25FN4O2. The van der Waals surface area contributed by atoms with E-state index in [1.54, 1.807) is 32.3 Å². The highest BCUT2D eigenvalue weighted by Crippen LogP contribution is 2.10. The number of ether oxygens (including phenoxy) is 1. The Morgan fingerprint density at radius 1 is 1.33 bits per heavy atom. The number of rotatable bonds is 8. The van der Waals surface area contributed by atoms with Crippen LogP contribution in [0.2, 0.25) is 0 Å². The first-order valence-electron chi connectivity index (χ1n) is 7.63. The molecule has 0 fully saturated rings. The van der Waals surface area contributed by atoms with Gasteiger partial charge in [0.15, 0.2) is 5.96 Å². The zero-order valence-electron chi connectivity index (χ0n) is 14.5. The van der Waals surface area contributed by atoms with Gasteiger partial charge >= 0.3 is 0 Å². The van der Waals surface area contributed by atoms with Gasteiger partial charge in [0.1, 0.15) is 24.7 Å². The fourth-order valence-electron chi connectivity index (χ4n) is 1.70. The molecule has 0 atom stereocenters. The first kappa shape index (κ1) is 19.5. The Bertz CT molecular complexity index is 558. The fraction of sp³-hybridized carbons (Fsp3) is 0.412. The van der Waals surface area contributed by atoms with Crippen LogP contribution in [0.15, 0.2) is 41.9 Å². The fourth-order valence-corrected chi connectivity index (χ4v) is 1.70. The maximum absolute atomic E-state index is 12.8. The smallest absolute Gasteiger partial charge is 0.243 e. The largest absolute Gasteiger partial charge is 0.492 e. The minimum Gasteiger partial charge on any atom is -0.492 e. The summed E-state index contributed by atoms with van der Waals surface area (Å²) in [5, 5.41) is 3.10. The third-order valence-corrected chi connectivity index (χ3v) is 3.14. The van der Waals surface area contributed by atoms with Gasteiger partial charge in [0.05, 0.1) is 6.54 Å². The lowest BCUT2D eigenvalue weighted by Gasteiger charge is -2.22. The number of hydrogen-bond donors (Lipinski definition) is 1. The predicted octanol–water partition coefficient (Wildman–Crippen LogP) is 1.36. The van der Waals surface area contributed by atoms with Gasteiger partial charge in [0, 0.05) is 27.7 Å². The van der Waals surface area contributed by atoms with E-state index >= 15 is 0 Å². The first-order chi connectivity index (χ1) is 11.4. The van der Waals surface area contributed by atoms with Gasteiger partial charge < -0.3 is 19.9 Å². The number of likely N-dealkylation sites (N-methyl/N-ethyl adjacent to an activating group) is 2. The van der Waals surface area contributed by atoms with Crippen LogP contribution in [-0.2, 0) is 4.79 Å². The van der Waals surface area contributed by atoms with Gasteiger partial charge in [-0.2, -0.15) is 0 Å². The third kappa shape index (κ3) is 7.13. The Morgan fingerprint density at radius 2 is 2.00 bits per heavy atom. The van der Waals surface area contributed by atoms with Crippen LogP contribution in [0.1, 0.15) is 0 Å². The van der Waals surface area contributed by atoms with E-state index in [0.29, 0.717) is 31.4 Å². The molecule has 0 heterocycles. The molecule has 0 saturated heterocycles.